The van der Waals surface area contributed by atoms with Crippen LogP contribution in [0.1, 0.15) is 51.0 Å². The highest BCUT2D eigenvalue weighted by Gasteiger charge is 2.03. The lowest BCUT2D eigenvalue weighted by Crippen LogP contribution is -2.00. The summed E-state index contributed by atoms with van der Waals surface area (Å²) >= 11 is 0. The van der Waals surface area contributed by atoms with E-state index >= 15 is 0 Å². The van der Waals surface area contributed by atoms with E-state index in [4.69, 9.17) is 4.74 Å². The topological polar surface area (TPSA) is 26.3 Å². The van der Waals surface area contributed by atoms with Crippen LogP contribution in [0.3, 0.4) is 0 Å². The highest BCUT2D eigenvalue weighted by Crippen LogP contribution is 2.13. The van der Waals surface area contributed by atoms with E-state index in [9.17, 15) is 4.79 Å². The molecule has 0 fully saturated rings. The molecular formula is C16H24O2. The normalized spacial score (nSPS) is 10.3. The summed E-state index contributed by atoms with van der Waals surface area (Å²) in [6.45, 7) is 2.19. The van der Waals surface area contributed by atoms with Crippen molar-refractivity contribution >= 4 is 5.78 Å². The summed E-state index contributed by atoms with van der Waals surface area (Å²) in [7, 11) is 1.66. The summed E-state index contributed by atoms with van der Waals surface area (Å²) in [5, 5.41) is 0. The first kappa shape index (κ1) is 14.7. The van der Waals surface area contributed by atoms with Gasteiger partial charge in [0.25, 0.3) is 0 Å². The lowest BCUT2D eigenvalue weighted by molar-refractivity contribution is -0.119. The van der Waals surface area contributed by atoms with E-state index in [1.54, 1.807) is 7.11 Å². The smallest absolute Gasteiger partial charge is 0.133 e. The van der Waals surface area contributed by atoms with Crippen LogP contribution in [0.25, 0.3) is 0 Å². The molecule has 0 saturated carbocycles. The van der Waals surface area contributed by atoms with Gasteiger partial charge in [-0.1, -0.05) is 38.3 Å². The Balaban J connectivity index is 2.20. The fourth-order valence-corrected chi connectivity index (χ4v) is 1.95. The second-order valence-corrected chi connectivity index (χ2v) is 4.70. The number of carbonyl (C=O) groups excluding carboxylic acids is 1. The molecule has 1 aromatic rings. The van der Waals surface area contributed by atoms with E-state index in [2.05, 4.69) is 6.92 Å². The second kappa shape index (κ2) is 8.73. The van der Waals surface area contributed by atoms with Gasteiger partial charge in [-0.3, -0.25) is 4.79 Å². The molecular weight excluding hydrogens is 224 g/mol. The van der Waals surface area contributed by atoms with Crippen LogP contribution >= 0.6 is 0 Å². The minimum absolute atomic E-state index is 0.391. The molecule has 0 spiro atoms. The summed E-state index contributed by atoms with van der Waals surface area (Å²) in [5.74, 6) is 1.26. The average Bonchev–Trinajstić information content (AvgIpc) is 2.42. The molecule has 0 amide bonds. The number of rotatable bonds is 9. The number of benzene rings is 1. The van der Waals surface area contributed by atoms with E-state index in [1.165, 1.54) is 24.8 Å². The van der Waals surface area contributed by atoms with E-state index < -0.39 is 0 Å². The SMILES string of the molecule is CCCCCCC(=O)CCc1ccc(OC)cc1. The minimum atomic E-state index is 0.391. The largest absolute Gasteiger partial charge is 0.497 e. The van der Waals surface area contributed by atoms with Crippen LogP contribution in [0.2, 0.25) is 0 Å². The summed E-state index contributed by atoms with van der Waals surface area (Å²) < 4.78 is 5.10. The van der Waals surface area contributed by atoms with Crippen molar-refractivity contribution in [3.05, 3.63) is 29.8 Å². The maximum absolute atomic E-state index is 11.7. The predicted molar refractivity (Wildman–Crippen MR) is 75.1 cm³/mol. The summed E-state index contributed by atoms with van der Waals surface area (Å²) in [4.78, 5) is 11.7. The third kappa shape index (κ3) is 5.85. The Bertz CT molecular complexity index is 341. The fourth-order valence-electron chi connectivity index (χ4n) is 1.95. The molecule has 1 aromatic carbocycles. The average molecular weight is 248 g/mol. The number of aryl methyl sites for hydroxylation is 1. The Morgan fingerprint density at radius 1 is 1.06 bits per heavy atom. The lowest BCUT2D eigenvalue weighted by Gasteiger charge is -2.03. The van der Waals surface area contributed by atoms with Crippen LogP contribution in [0.5, 0.6) is 5.75 Å². The number of ether oxygens (including phenoxy) is 1. The van der Waals surface area contributed by atoms with Crippen molar-refractivity contribution in [3.63, 3.8) is 0 Å². The maximum Gasteiger partial charge on any atom is 0.133 e. The molecule has 0 saturated heterocycles. The molecule has 2 heteroatoms. The van der Waals surface area contributed by atoms with Crippen molar-refractivity contribution in [2.75, 3.05) is 7.11 Å². The molecule has 18 heavy (non-hydrogen) atoms. The van der Waals surface area contributed by atoms with Gasteiger partial charge >= 0.3 is 0 Å². The third-order valence-corrected chi connectivity index (χ3v) is 3.16. The Labute approximate surface area is 110 Å². The number of hydrogen-bond donors (Lipinski definition) is 0. The number of methoxy groups -OCH3 is 1. The van der Waals surface area contributed by atoms with Gasteiger partial charge in [0, 0.05) is 12.8 Å². The van der Waals surface area contributed by atoms with Gasteiger partial charge in [0.2, 0.25) is 0 Å². The first-order valence-corrected chi connectivity index (χ1v) is 6.91. The molecule has 1 rings (SSSR count). The second-order valence-electron chi connectivity index (χ2n) is 4.70. The van der Waals surface area contributed by atoms with Gasteiger partial charge in [0.05, 0.1) is 7.11 Å². The highest BCUT2D eigenvalue weighted by molar-refractivity contribution is 5.78. The minimum Gasteiger partial charge on any atom is -0.497 e. The zero-order valence-electron chi connectivity index (χ0n) is 11.6. The molecule has 0 N–H and O–H groups in total. The van der Waals surface area contributed by atoms with Gasteiger partial charge in [0.15, 0.2) is 0 Å². The zero-order valence-corrected chi connectivity index (χ0v) is 11.6. The van der Waals surface area contributed by atoms with Gasteiger partial charge in [0.1, 0.15) is 11.5 Å². The quantitative estimate of drug-likeness (QED) is 0.613. The molecule has 2 nitrogen and oxygen atoms in total. The van der Waals surface area contributed by atoms with Crippen LogP contribution in [0.15, 0.2) is 24.3 Å². The number of Topliss-reactive ketones (excluding diaryl/α,β-unsaturated/α-hetero) is 1. The molecule has 0 bridgehead atoms. The van der Waals surface area contributed by atoms with E-state index in [0.717, 1.165) is 25.0 Å². The Morgan fingerprint density at radius 3 is 2.39 bits per heavy atom. The molecule has 0 aliphatic heterocycles. The van der Waals surface area contributed by atoms with Gasteiger partial charge < -0.3 is 4.74 Å². The summed E-state index contributed by atoms with van der Waals surface area (Å²) in [5.41, 5.74) is 1.21. The molecule has 100 valence electrons. The van der Waals surface area contributed by atoms with Crippen molar-refractivity contribution in [2.45, 2.75) is 51.9 Å². The van der Waals surface area contributed by atoms with Gasteiger partial charge in [-0.2, -0.15) is 0 Å². The van der Waals surface area contributed by atoms with E-state index in [-0.39, 0.29) is 0 Å². The van der Waals surface area contributed by atoms with Crippen LogP contribution in [-0.4, -0.2) is 12.9 Å². The maximum atomic E-state index is 11.7. The summed E-state index contributed by atoms with van der Waals surface area (Å²) in [6.07, 6.45) is 6.96. The van der Waals surface area contributed by atoms with Crippen molar-refractivity contribution in [1.82, 2.24) is 0 Å². The molecule has 0 heterocycles. The lowest BCUT2D eigenvalue weighted by atomic mass is 10.0. The Kier molecular flexibility index (Phi) is 7.16. The highest BCUT2D eigenvalue weighted by atomic mass is 16.5. The molecule has 0 unspecified atom stereocenters. The monoisotopic (exact) mass is 248 g/mol. The van der Waals surface area contributed by atoms with Crippen LogP contribution in [0.4, 0.5) is 0 Å². The zero-order chi connectivity index (χ0) is 13.2. The van der Waals surface area contributed by atoms with Crippen molar-refractivity contribution in [2.24, 2.45) is 0 Å². The van der Waals surface area contributed by atoms with Gasteiger partial charge in [-0.05, 0) is 30.5 Å². The molecule has 0 aliphatic carbocycles. The van der Waals surface area contributed by atoms with E-state index in [1.807, 2.05) is 24.3 Å². The first-order valence-electron chi connectivity index (χ1n) is 6.91. The van der Waals surface area contributed by atoms with Crippen molar-refractivity contribution in [1.29, 1.82) is 0 Å². The predicted octanol–water partition coefficient (Wildman–Crippen LogP) is 4.17. The molecule has 0 aliphatic rings. The standard InChI is InChI=1S/C16H24O2/c1-3-4-5-6-7-15(17)11-8-14-9-12-16(18-2)13-10-14/h9-10,12-13H,3-8,11H2,1-2H3. The van der Waals surface area contributed by atoms with Gasteiger partial charge in [-0.15, -0.1) is 0 Å². The van der Waals surface area contributed by atoms with E-state index in [0.29, 0.717) is 12.2 Å². The molecule has 0 aromatic heterocycles. The van der Waals surface area contributed by atoms with Crippen molar-refractivity contribution < 1.29 is 9.53 Å². The van der Waals surface area contributed by atoms with Crippen LogP contribution in [0, 0.1) is 0 Å². The molecule has 0 radical (unpaired) electrons. The van der Waals surface area contributed by atoms with Gasteiger partial charge in [-0.25, -0.2) is 0 Å². The fraction of sp³-hybridized carbons (Fsp3) is 0.562. The third-order valence-electron chi connectivity index (χ3n) is 3.16. The first-order chi connectivity index (χ1) is 8.76. The Hall–Kier alpha value is -1.31. The Morgan fingerprint density at radius 2 is 1.78 bits per heavy atom. The number of hydrogen-bond acceptors (Lipinski definition) is 2. The number of unbranched alkanes of at least 4 members (excludes halogenated alkanes) is 3. The summed E-state index contributed by atoms with van der Waals surface area (Å²) in [6, 6.07) is 7.95. The number of ketones is 1. The van der Waals surface area contributed by atoms with Crippen molar-refractivity contribution in [3.8, 4) is 5.75 Å². The van der Waals surface area contributed by atoms with Crippen LogP contribution < -0.4 is 4.74 Å². The number of carbonyl (C=O) groups is 1. The molecule has 0 atom stereocenters. The van der Waals surface area contributed by atoms with Crippen LogP contribution in [-0.2, 0) is 11.2 Å².